The number of carbonyl (C=O) groups excluding carboxylic acids is 2. The lowest BCUT2D eigenvalue weighted by molar-refractivity contribution is -0.122. The molecule has 0 aromatic rings. The largest absolute Gasteiger partial charge is 0.353 e. The molecule has 0 aromatic heterocycles. The third-order valence-corrected chi connectivity index (χ3v) is 1.93. The van der Waals surface area contributed by atoms with E-state index in [0.29, 0.717) is 19.5 Å². The Balaban J connectivity index is 3.51. The van der Waals surface area contributed by atoms with E-state index in [1.165, 1.54) is 0 Å². The first kappa shape index (κ1) is 13.7. The van der Waals surface area contributed by atoms with Crippen LogP contribution < -0.4 is 22.1 Å². The lowest BCUT2D eigenvalue weighted by Gasteiger charge is -2.11. The van der Waals surface area contributed by atoms with Crippen LogP contribution in [0.2, 0.25) is 0 Å². The minimum atomic E-state index is -0.598. The van der Waals surface area contributed by atoms with Crippen LogP contribution in [0, 0.1) is 0 Å². The number of urea groups is 1. The van der Waals surface area contributed by atoms with Crippen molar-refractivity contribution in [1.82, 2.24) is 10.6 Å². The van der Waals surface area contributed by atoms with Gasteiger partial charge in [0.25, 0.3) is 0 Å². The highest BCUT2D eigenvalue weighted by Gasteiger charge is 2.11. The molecule has 0 saturated carbocycles. The summed E-state index contributed by atoms with van der Waals surface area (Å²) in [5.74, 6) is -0.185. The van der Waals surface area contributed by atoms with Gasteiger partial charge in [-0.05, 0) is 6.42 Å². The van der Waals surface area contributed by atoms with E-state index >= 15 is 0 Å². The topological polar surface area (TPSA) is 110 Å². The van der Waals surface area contributed by atoms with Gasteiger partial charge in [-0.3, -0.25) is 4.79 Å². The lowest BCUT2D eigenvalue weighted by atomic mass is 10.1. The van der Waals surface area contributed by atoms with Crippen molar-refractivity contribution >= 4 is 11.9 Å². The molecule has 0 aliphatic heterocycles. The molecule has 1 atom stereocenters. The van der Waals surface area contributed by atoms with E-state index in [1.807, 2.05) is 6.92 Å². The second-order valence-corrected chi connectivity index (χ2v) is 3.33. The molecule has 3 amide bonds. The Kier molecular flexibility index (Phi) is 7.35. The van der Waals surface area contributed by atoms with Gasteiger partial charge in [0, 0.05) is 13.1 Å². The van der Waals surface area contributed by atoms with E-state index in [-0.39, 0.29) is 5.91 Å². The Hall–Kier alpha value is -1.30. The van der Waals surface area contributed by atoms with Crippen LogP contribution in [0.1, 0.15) is 26.2 Å². The number of unbranched alkanes of at least 4 members (excludes halogenated alkanes) is 1. The van der Waals surface area contributed by atoms with Gasteiger partial charge in [-0.2, -0.15) is 0 Å². The number of rotatable bonds is 7. The highest BCUT2D eigenvalue weighted by Crippen LogP contribution is 1.97. The molecule has 0 aliphatic rings. The zero-order valence-electron chi connectivity index (χ0n) is 9.08. The summed E-state index contributed by atoms with van der Waals surface area (Å²) in [4.78, 5) is 21.6. The number of hydrogen-bond donors (Lipinski definition) is 4. The molecule has 0 saturated heterocycles. The van der Waals surface area contributed by atoms with E-state index in [1.54, 1.807) is 0 Å². The van der Waals surface area contributed by atoms with E-state index < -0.39 is 12.1 Å². The van der Waals surface area contributed by atoms with Gasteiger partial charge in [-0.15, -0.1) is 0 Å². The fourth-order valence-electron chi connectivity index (χ4n) is 1.06. The maximum absolute atomic E-state index is 11.3. The van der Waals surface area contributed by atoms with Crippen LogP contribution in [0.5, 0.6) is 0 Å². The van der Waals surface area contributed by atoms with Crippen molar-refractivity contribution in [3.05, 3.63) is 0 Å². The molecule has 0 radical (unpaired) electrons. The number of primary amides is 1. The first-order valence-electron chi connectivity index (χ1n) is 5.14. The summed E-state index contributed by atoms with van der Waals surface area (Å²) in [5, 5.41) is 4.98. The van der Waals surface area contributed by atoms with Crippen molar-refractivity contribution in [1.29, 1.82) is 0 Å². The summed E-state index contributed by atoms with van der Waals surface area (Å²) >= 11 is 0. The summed E-state index contributed by atoms with van der Waals surface area (Å²) in [6, 6.07) is -1.06. The summed E-state index contributed by atoms with van der Waals surface area (Å²) in [6.45, 7) is 2.71. The zero-order valence-corrected chi connectivity index (χ0v) is 9.08. The number of carbonyl (C=O) groups is 2. The Morgan fingerprint density at radius 3 is 2.40 bits per heavy atom. The van der Waals surface area contributed by atoms with Crippen LogP contribution in [-0.2, 0) is 4.79 Å². The predicted octanol–water partition coefficient (Wildman–Crippen LogP) is -0.712. The van der Waals surface area contributed by atoms with E-state index in [2.05, 4.69) is 10.6 Å². The molecule has 88 valence electrons. The fraction of sp³-hybridized carbons (Fsp3) is 0.778. The molecule has 0 aromatic carbocycles. The van der Waals surface area contributed by atoms with Gasteiger partial charge in [0.2, 0.25) is 5.91 Å². The molecular weight excluding hydrogens is 196 g/mol. The van der Waals surface area contributed by atoms with E-state index in [0.717, 1.165) is 12.8 Å². The average Bonchev–Trinajstić information content (AvgIpc) is 2.20. The minimum Gasteiger partial charge on any atom is -0.353 e. The second-order valence-electron chi connectivity index (χ2n) is 3.33. The summed E-state index contributed by atoms with van der Waals surface area (Å²) in [5.41, 5.74) is 10.5. The van der Waals surface area contributed by atoms with Crippen LogP contribution in [0.3, 0.4) is 0 Å². The molecule has 15 heavy (non-hydrogen) atoms. The van der Waals surface area contributed by atoms with Crippen LogP contribution in [0.15, 0.2) is 0 Å². The summed E-state index contributed by atoms with van der Waals surface area (Å²) in [6.07, 6.45) is 2.64. The van der Waals surface area contributed by atoms with Crippen molar-refractivity contribution in [3.8, 4) is 0 Å². The van der Waals surface area contributed by atoms with Gasteiger partial charge in [0.1, 0.15) is 0 Å². The van der Waals surface area contributed by atoms with Gasteiger partial charge < -0.3 is 22.1 Å². The van der Waals surface area contributed by atoms with Gasteiger partial charge in [-0.1, -0.05) is 19.8 Å². The highest BCUT2D eigenvalue weighted by atomic mass is 16.2. The molecule has 6 N–H and O–H groups in total. The molecule has 1 unspecified atom stereocenters. The van der Waals surface area contributed by atoms with Gasteiger partial charge >= 0.3 is 6.03 Å². The lowest BCUT2D eigenvalue weighted by Crippen LogP contribution is -2.44. The van der Waals surface area contributed by atoms with Crippen LogP contribution >= 0.6 is 0 Å². The normalized spacial score (nSPS) is 11.9. The number of amides is 3. The number of nitrogens with two attached hydrogens (primary N) is 2. The predicted molar refractivity (Wildman–Crippen MR) is 58.1 cm³/mol. The van der Waals surface area contributed by atoms with Crippen LogP contribution in [0.4, 0.5) is 4.79 Å². The third-order valence-electron chi connectivity index (χ3n) is 1.93. The SMILES string of the molecule is CCCCC(N)C(=O)NCCNC(N)=O. The Morgan fingerprint density at radius 1 is 1.27 bits per heavy atom. The number of hydrogen-bond acceptors (Lipinski definition) is 3. The molecule has 0 bridgehead atoms. The quantitative estimate of drug-likeness (QED) is 0.422. The maximum atomic E-state index is 11.3. The Morgan fingerprint density at radius 2 is 1.87 bits per heavy atom. The molecular formula is C9H20N4O2. The number of nitrogens with one attached hydrogen (secondary N) is 2. The van der Waals surface area contributed by atoms with Crippen molar-refractivity contribution in [3.63, 3.8) is 0 Å². The monoisotopic (exact) mass is 216 g/mol. The van der Waals surface area contributed by atoms with Crippen molar-refractivity contribution in [2.75, 3.05) is 13.1 Å². The molecule has 6 heteroatoms. The van der Waals surface area contributed by atoms with Crippen molar-refractivity contribution in [2.45, 2.75) is 32.2 Å². The minimum absolute atomic E-state index is 0.185. The molecule has 0 spiro atoms. The maximum Gasteiger partial charge on any atom is 0.312 e. The summed E-state index contributed by atoms with van der Waals surface area (Å²) in [7, 11) is 0. The van der Waals surface area contributed by atoms with Crippen LogP contribution in [-0.4, -0.2) is 31.1 Å². The molecule has 0 rings (SSSR count). The van der Waals surface area contributed by atoms with Crippen molar-refractivity contribution < 1.29 is 9.59 Å². The van der Waals surface area contributed by atoms with Gasteiger partial charge in [0.05, 0.1) is 6.04 Å². The average molecular weight is 216 g/mol. The molecule has 0 aliphatic carbocycles. The Bertz CT molecular complexity index is 208. The zero-order chi connectivity index (χ0) is 11.7. The molecule has 6 nitrogen and oxygen atoms in total. The highest BCUT2D eigenvalue weighted by molar-refractivity contribution is 5.81. The van der Waals surface area contributed by atoms with Crippen molar-refractivity contribution in [2.24, 2.45) is 11.5 Å². The first-order chi connectivity index (χ1) is 7.07. The Labute approximate surface area is 89.8 Å². The van der Waals surface area contributed by atoms with Gasteiger partial charge in [0.15, 0.2) is 0 Å². The first-order valence-corrected chi connectivity index (χ1v) is 5.14. The summed E-state index contributed by atoms with van der Waals surface area (Å²) < 4.78 is 0. The van der Waals surface area contributed by atoms with Gasteiger partial charge in [-0.25, -0.2) is 4.79 Å². The molecule has 0 heterocycles. The van der Waals surface area contributed by atoms with E-state index in [4.69, 9.17) is 11.5 Å². The smallest absolute Gasteiger partial charge is 0.312 e. The third kappa shape index (κ3) is 7.75. The second kappa shape index (κ2) is 8.05. The standard InChI is InChI=1S/C9H20N4O2/c1-2-3-4-7(10)8(14)12-5-6-13-9(11)15/h7H,2-6,10H2,1H3,(H,12,14)(H3,11,13,15). The fourth-order valence-corrected chi connectivity index (χ4v) is 1.06. The van der Waals surface area contributed by atoms with Crippen LogP contribution in [0.25, 0.3) is 0 Å². The van der Waals surface area contributed by atoms with E-state index in [9.17, 15) is 9.59 Å². The molecule has 0 fully saturated rings.